The lowest BCUT2D eigenvalue weighted by Gasteiger charge is -2.17. The van der Waals surface area contributed by atoms with E-state index < -0.39 is 23.2 Å². The van der Waals surface area contributed by atoms with E-state index in [1.165, 1.54) is 28.5 Å². The number of benzene rings is 3. The number of methoxy groups -OCH3 is 1. The zero-order chi connectivity index (χ0) is 26.1. The van der Waals surface area contributed by atoms with E-state index in [-0.39, 0.29) is 29.2 Å². The summed E-state index contributed by atoms with van der Waals surface area (Å²) in [5.41, 5.74) is 1.92. The van der Waals surface area contributed by atoms with Crippen molar-refractivity contribution < 1.29 is 23.0 Å². The number of carbonyl (C=O) groups is 1. The molecule has 2 heterocycles. The molecule has 0 fully saturated rings. The number of carbonyl (C=O) groups excluding carboxylic acids is 1. The van der Waals surface area contributed by atoms with Crippen LogP contribution in [0.25, 0.3) is 22.4 Å². The summed E-state index contributed by atoms with van der Waals surface area (Å²) < 4.78 is 41.1. The van der Waals surface area contributed by atoms with Gasteiger partial charge in [0.15, 0.2) is 11.4 Å². The fraction of sp³-hybridized carbons (Fsp3) is 0.111. The van der Waals surface area contributed by atoms with E-state index in [1.54, 1.807) is 55.5 Å². The van der Waals surface area contributed by atoms with E-state index in [4.69, 9.17) is 9.47 Å². The van der Waals surface area contributed by atoms with Crippen LogP contribution < -0.4 is 10.3 Å². The standard InChI is InChI=1S/C27H20F2N4O4/c1-16-12-24(37-15-18-10-11-19(28)14-21(18)29)25(33-23-9-4-3-8-22(23)30-31-33)26(34)32(16)20-7-5-6-17(13-20)27(35)36-2/h3-14H,15H2,1-2H3. The Labute approximate surface area is 209 Å². The Morgan fingerprint density at radius 2 is 1.81 bits per heavy atom. The second kappa shape index (κ2) is 9.65. The van der Waals surface area contributed by atoms with Gasteiger partial charge in [0.25, 0.3) is 5.56 Å². The van der Waals surface area contributed by atoms with E-state index >= 15 is 0 Å². The number of pyridine rings is 1. The first-order valence-electron chi connectivity index (χ1n) is 11.2. The molecule has 0 bridgehead atoms. The summed E-state index contributed by atoms with van der Waals surface area (Å²) in [7, 11) is 1.27. The van der Waals surface area contributed by atoms with Gasteiger partial charge in [0.05, 0.1) is 18.2 Å². The van der Waals surface area contributed by atoms with Crippen molar-refractivity contribution >= 4 is 17.0 Å². The summed E-state index contributed by atoms with van der Waals surface area (Å²) in [6, 6.07) is 18.3. The van der Waals surface area contributed by atoms with Crippen molar-refractivity contribution in [1.82, 2.24) is 19.6 Å². The van der Waals surface area contributed by atoms with E-state index in [0.717, 1.165) is 12.1 Å². The highest BCUT2D eigenvalue weighted by Crippen LogP contribution is 2.27. The molecule has 0 unspecified atom stereocenters. The van der Waals surface area contributed by atoms with E-state index in [0.29, 0.717) is 22.4 Å². The molecule has 5 rings (SSSR count). The lowest BCUT2D eigenvalue weighted by Crippen LogP contribution is -2.26. The first-order chi connectivity index (χ1) is 17.9. The third kappa shape index (κ3) is 4.44. The number of fused-ring (bicyclic) bond motifs is 1. The zero-order valence-corrected chi connectivity index (χ0v) is 19.8. The highest BCUT2D eigenvalue weighted by Gasteiger charge is 2.21. The Morgan fingerprint density at radius 1 is 1.00 bits per heavy atom. The molecule has 0 amide bonds. The maximum absolute atomic E-state index is 14.3. The minimum Gasteiger partial charge on any atom is -0.486 e. The Kier molecular flexibility index (Phi) is 6.22. The Hall–Kier alpha value is -4.86. The van der Waals surface area contributed by atoms with Gasteiger partial charge in [0, 0.05) is 29.1 Å². The first-order valence-corrected chi connectivity index (χ1v) is 11.2. The number of esters is 1. The van der Waals surface area contributed by atoms with Crippen molar-refractivity contribution in [2.75, 3.05) is 7.11 Å². The van der Waals surface area contributed by atoms with Crippen molar-refractivity contribution in [2.45, 2.75) is 13.5 Å². The Balaban J connectivity index is 1.69. The molecule has 0 aliphatic heterocycles. The minimum absolute atomic E-state index is 0.0327. The summed E-state index contributed by atoms with van der Waals surface area (Å²) in [4.78, 5) is 26.1. The van der Waals surface area contributed by atoms with Gasteiger partial charge in [-0.25, -0.2) is 18.3 Å². The zero-order valence-electron chi connectivity index (χ0n) is 19.8. The number of nitrogens with zero attached hydrogens (tertiary/aromatic N) is 4. The number of hydrogen-bond donors (Lipinski definition) is 0. The molecule has 10 heteroatoms. The number of aromatic nitrogens is 4. The van der Waals surface area contributed by atoms with Gasteiger partial charge < -0.3 is 9.47 Å². The summed E-state index contributed by atoms with van der Waals surface area (Å²) in [5, 5.41) is 8.31. The maximum Gasteiger partial charge on any atom is 0.337 e. The van der Waals surface area contributed by atoms with Crippen LogP contribution in [0.2, 0.25) is 0 Å². The maximum atomic E-state index is 14.3. The molecule has 0 saturated heterocycles. The molecule has 0 saturated carbocycles. The lowest BCUT2D eigenvalue weighted by atomic mass is 10.2. The summed E-state index contributed by atoms with van der Waals surface area (Å²) in [6.45, 7) is 1.44. The summed E-state index contributed by atoms with van der Waals surface area (Å²) in [6.07, 6.45) is 0. The molecule has 186 valence electrons. The van der Waals surface area contributed by atoms with Crippen molar-refractivity contribution in [2.24, 2.45) is 0 Å². The van der Waals surface area contributed by atoms with Crippen LogP contribution in [-0.4, -0.2) is 32.6 Å². The molecule has 0 aliphatic carbocycles. The smallest absolute Gasteiger partial charge is 0.337 e. The van der Waals surface area contributed by atoms with Gasteiger partial charge in [0.1, 0.15) is 23.8 Å². The van der Waals surface area contributed by atoms with Gasteiger partial charge in [-0.05, 0) is 49.4 Å². The lowest BCUT2D eigenvalue weighted by molar-refractivity contribution is 0.0600. The SMILES string of the molecule is COC(=O)c1cccc(-n2c(C)cc(OCc3ccc(F)cc3F)c(-n3nnc4ccccc43)c2=O)c1. The van der Waals surface area contributed by atoms with Crippen LogP contribution in [0.15, 0.2) is 77.6 Å². The van der Waals surface area contributed by atoms with Crippen molar-refractivity contribution in [3.05, 3.63) is 112 Å². The second-order valence-corrected chi connectivity index (χ2v) is 8.20. The molecular weight excluding hydrogens is 482 g/mol. The normalized spacial score (nSPS) is 11.0. The number of halogens is 2. The van der Waals surface area contributed by atoms with Crippen molar-refractivity contribution in [3.63, 3.8) is 0 Å². The average molecular weight is 502 g/mol. The molecule has 3 aromatic carbocycles. The van der Waals surface area contributed by atoms with E-state index in [9.17, 15) is 18.4 Å². The number of rotatable bonds is 6. The van der Waals surface area contributed by atoms with Crippen molar-refractivity contribution in [1.29, 1.82) is 0 Å². The van der Waals surface area contributed by atoms with Gasteiger partial charge in [-0.2, -0.15) is 0 Å². The quantitative estimate of drug-likeness (QED) is 0.317. The molecule has 0 atom stereocenters. The average Bonchev–Trinajstić information content (AvgIpc) is 3.31. The van der Waals surface area contributed by atoms with Crippen LogP contribution in [0.1, 0.15) is 21.6 Å². The van der Waals surface area contributed by atoms with Gasteiger partial charge in [-0.3, -0.25) is 9.36 Å². The minimum atomic E-state index is -0.766. The highest BCUT2D eigenvalue weighted by atomic mass is 19.1. The van der Waals surface area contributed by atoms with Crippen LogP contribution in [0, 0.1) is 18.6 Å². The van der Waals surface area contributed by atoms with Crippen LogP contribution >= 0.6 is 0 Å². The van der Waals surface area contributed by atoms with Gasteiger partial charge in [0.2, 0.25) is 0 Å². The fourth-order valence-corrected chi connectivity index (χ4v) is 4.04. The van der Waals surface area contributed by atoms with Gasteiger partial charge in [-0.15, -0.1) is 5.10 Å². The molecule has 8 nitrogen and oxygen atoms in total. The number of aryl methyl sites for hydroxylation is 1. The topological polar surface area (TPSA) is 88.2 Å². The number of ether oxygens (including phenoxy) is 2. The van der Waals surface area contributed by atoms with E-state index in [1.807, 2.05) is 0 Å². The van der Waals surface area contributed by atoms with Crippen LogP contribution in [0.5, 0.6) is 5.75 Å². The highest BCUT2D eigenvalue weighted by molar-refractivity contribution is 5.90. The van der Waals surface area contributed by atoms with E-state index in [2.05, 4.69) is 10.3 Å². The molecule has 0 spiro atoms. The molecule has 0 radical (unpaired) electrons. The summed E-state index contributed by atoms with van der Waals surface area (Å²) in [5.74, 6) is -1.89. The molecule has 0 N–H and O–H groups in total. The third-order valence-corrected chi connectivity index (χ3v) is 5.82. The molecule has 0 aliphatic rings. The van der Waals surface area contributed by atoms with Gasteiger partial charge in [-0.1, -0.05) is 23.4 Å². The van der Waals surface area contributed by atoms with Gasteiger partial charge >= 0.3 is 5.97 Å². The second-order valence-electron chi connectivity index (χ2n) is 8.20. The molecule has 5 aromatic rings. The fourth-order valence-electron chi connectivity index (χ4n) is 4.04. The Bertz CT molecular complexity index is 1710. The van der Waals surface area contributed by atoms with Crippen LogP contribution in [0.4, 0.5) is 8.78 Å². The molecule has 37 heavy (non-hydrogen) atoms. The van der Waals surface area contributed by atoms with Crippen LogP contribution in [0.3, 0.4) is 0 Å². The summed E-state index contributed by atoms with van der Waals surface area (Å²) >= 11 is 0. The largest absolute Gasteiger partial charge is 0.486 e. The van der Waals surface area contributed by atoms with Crippen molar-refractivity contribution in [3.8, 4) is 17.1 Å². The molecular formula is C27H20F2N4O4. The number of para-hydroxylation sites is 1. The third-order valence-electron chi connectivity index (χ3n) is 5.82. The first kappa shape index (κ1) is 23.9. The van der Waals surface area contributed by atoms with Crippen LogP contribution in [-0.2, 0) is 11.3 Å². The monoisotopic (exact) mass is 502 g/mol. The predicted molar refractivity (Wildman–Crippen MR) is 131 cm³/mol. The predicted octanol–water partition coefficient (Wildman–Crippen LogP) is 4.52. The Morgan fingerprint density at radius 3 is 2.59 bits per heavy atom. The number of hydrogen-bond acceptors (Lipinski definition) is 6. The molecule has 2 aromatic heterocycles.